The Hall–Kier alpha value is -2.00. The molecule has 1 heterocycles. The number of sulfonamides is 1. The van der Waals surface area contributed by atoms with Gasteiger partial charge < -0.3 is 19.7 Å². The maximum Gasteiger partial charge on any atom is 0.322 e. The minimum atomic E-state index is -3.22. The van der Waals surface area contributed by atoms with Gasteiger partial charge in [0, 0.05) is 32.2 Å². The molecule has 2 amide bonds. The number of piperazine rings is 1. The van der Waals surface area contributed by atoms with Crippen molar-refractivity contribution < 1.29 is 22.7 Å². The van der Waals surface area contributed by atoms with E-state index < -0.39 is 10.0 Å². The van der Waals surface area contributed by atoms with Crippen LogP contribution >= 0.6 is 0 Å². The molecular formula is C14H21N3O5S. The van der Waals surface area contributed by atoms with Crippen LogP contribution in [0.5, 0.6) is 11.5 Å². The summed E-state index contributed by atoms with van der Waals surface area (Å²) in [6.45, 7) is 1.26. The maximum absolute atomic E-state index is 12.3. The van der Waals surface area contributed by atoms with Crippen LogP contribution in [0.1, 0.15) is 0 Å². The predicted molar refractivity (Wildman–Crippen MR) is 86.6 cm³/mol. The Balaban J connectivity index is 2.03. The zero-order chi connectivity index (χ0) is 17.0. The number of amides is 2. The molecular weight excluding hydrogens is 322 g/mol. The minimum Gasteiger partial charge on any atom is -0.497 e. The highest BCUT2D eigenvalue weighted by molar-refractivity contribution is 7.88. The van der Waals surface area contributed by atoms with Gasteiger partial charge in [-0.2, -0.15) is 4.31 Å². The molecule has 1 aliphatic heterocycles. The fourth-order valence-corrected chi connectivity index (χ4v) is 3.16. The summed E-state index contributed by atoms with van der Waals surface area (Å²) in [5, 5.41) is 2.77. The lowest BCUT2D eigenvalue weighted by molar-refractivity contribution is 0.184. The summed E-state index contributed by atoms with van der Waals surface area (Å²) < 4.78 is 34.7. The van der Waals surface area contributed by atoms with Crippen molar-refractivity contribution in [2.75, 3.05) is 52.0 Å². The Morgan fingerprint density at radius 2 is 1.78 bits per heavy atom. The quantitative estimate of drug-likeness (QED) is 0.874. The van der Waals surface area contributed by atoms with Gasteiger partial charge in [0.1, 0.15) is 11.5 Å². The Bertz CT molecular complexity index is 669. The van der Waals surface area contributed by atoms with Gasteiger partial charge in [0.15, 0.2) is 0 Å². The van der Waals surface area contributed by atoms with E-state index in [1.165, 1.54) is 24.8 Å². The number of ether oxygens (including phenoxy) is 2. The number of carbonyl (C=O) groups is 1. The Morgan fingerprint density at radius 3 is 2.30 bits per heavy atom. The lowest BCUT2D eigenvalue weighted by atomic mass is 10.2. The first-order valence-electron chi connectivity index (χ1n) is 7.08. The standard InChI is InChI=1S/C14H21N3O5S/c1-21-11-4-5-13(22-2)12(10-11)15-14(18)16-6-8-17(9-7-16)23(3,19)20/h4-5,10H,6-9H2,1-3H3,(H,15,18). The number of carbonyl (C=O) groups excluding carboxylic acids is 1. The van der Waals surface area contributed by atoms with E-state index in [1.807, 2.05) is 0 Å². The summed E-state index contributed by atoms with van der Waals surface area (Å²) in [4.78, 5) is 13.9. The summed E-state index contributed by atoms with van der Waals surface area (Å²) in [6, 6.07) is 4.81. The molecule has 1 aliphatic rings. The molecule has 1 aromatic rings. The van der Waals surface area contributed by atoms with E-state index in [0.717, 1.165) is 0 Å². The number of anilines is 1. The third kappa shape index (κ3) is 4.26. The minimum absolute atomic E-state index is 0.293. The second-order valence-corrected chi connectivity index (χ2v) is 7.13. The van der Waals surface area contributed by atoms with Gasteiger partial charge in [-0.15, -0.1) is 0 Å². The van der Waals surface area contributed by atoms with Crippen LogP contribution in [-0.4, -0.2) is 70.3 Å². The molecule has 0 aromatic heterocycles. The summed E-state index contributed by atoms with van der Waals surface area (Å²) >= 11 is 0. The van der Waals surface area contributed by atoms with E-state index in [2.05, 4.69) is 5.32 Å². The number of nitrogens with zero attached hydrogens (tertiary/aromatic N) is 2. The molecule has 0 spiro atoms. The second kappa shape index (κ2) is 7.05. The monoisotopic (exact) mass is 343 g/mol. The molecule has 8 nitrogen and oxygen atoms in total. The molecule has 0 atom stereocenters. The first-order valence-corrected chi connectivity index (χ1v) is 8.93. The lowest BCUT2D eigenvalue weighted by Crippen LogP contribution is -2.51. The zero-order valence-electron chi connectivity index (χ0n) is 13.4. The summed E-state index contributed by atoms with van der Waals surface area (Å²) in [7, 11) is -0.159. The largest absolute Gasteiger partial charge is 0.497 e. The van der Waals surface area contributed by atoms with Gasteiger partial charge in [-0.1, -0.05) is 0 Å². The number of nitrogens with one attached hydrogen (secondary N) is 1. The van der Waals surface area contributed by atoms with Gasteiger partial charge in [0.05, 0.1) is 26.2 Å². The van der Waals surface area contributed by atoms with E-state index in [9.17, 15) is 13.2 Å². The molecule has 9 heteroatoms. The molecule has 1 N–H and O–H groups in total. The molecule has 0 radical (unpaired) electrons. The van der Waals surface area contributed by atoms with Crippen LogP contribution in [0.2, 0.25) is 0 Å². The van der Waals surface area contributed by atoms with Crippen molar-refractivity contribution in [3.63, 3.8) is 0 Å². The molecule has 0 bridgehead atoms. The van der Waals surface area contributed by atoms with E-state index in [0.29, 0.717) is 43.4 Å². The average Bonchev–Trinajstić information content (AvgIpc) is 2.54. The highest BCUT2D eigenvalue weighted by Crippen LogP contribution is 2.29. The van der Waals surface area contributed by atoms with Crippen LogP contribution < -0.4 is 14.8 Å². The number of rotatable bonds is 4. The third-order valence-corrected chi connectivity index (χ3v) is 4.95. The summed E-state index contributed by atoms with van der Waals surface area (Å²) in [6.07, 6.45) is 1.17. The maximum atomic E-state index is 12.3. The number of hydrogen-bond acceptors (Lipinski definition) is 5. The molecule has 2 rings (SSSR count). The molecule has 1 saturated heterocycles. The van der Waals surface area contributed by atoms with Crippen LogP contribution in [0, 0.1) is 0 Å². The topological polar surface area (TPSA) is 88.2 Å². The number of urea groups is 1. The summed E-state index contributed by atoms with van der Waals surface area (Å²) in [5.74, 6) is 1.12. The normalized spacial score (nSPS) is 16.0. The van der Waals surface area contributed by atoms with Crippen molar-refractivity contribution in [3.8, 4) is 11.5 Å². The van der Waals surface area contributed by atoms with Gasteiger partial charge in [-0.3, -0.25) is 0 Å². The van der Waals surface area contributed by atoms with E-state index in [-0.39, 0.29) is 6.03 Å². The Kier molecular flexibility index (Phi) is 5.32. The SMILES string of the molecule is COc1ccc(OC)c(NC(=O)N2CCN(S(C)(=O)=O)CC2)c1. The molecule has 0 aliphatic carbocycles. The molecule has 1 aromatic carbocycles. The first kappa shape index (κ1) is 17.4. The van der Waals surface area contributed by atoms with E-state index in [4.69, 9.17) is 9.47 Å². The molecule has 23 heavy (non-hydrogen) atoms. The van der Waals surface area contributed by atoms with Gasteiger partial charge in [-0.25, -0.2) is 13.2 Å². The number of methoxy groups -OCH3 is 2. The second-order valence-electron chi connectivity index (χ2n) is 5.15. The number of benzene rings is 1. The van der Waals surface area contributed by atoms with Gasteiger partial charge in [0.2, 0.25) is 10.0 Å². The molecule has 0 saturated carbocycles. The van der Waals surface area contributed by atoms with Gasteiger partial charge in [0.25, 0.3) is 0 Å². The first-order chi connectivity index (χ1) is 10.8. The van der Waals surface area contributed by atoms with Crippen molar-refractivity contribution in [1.29, 1.82) is 0 Å². The molecule has 0 unspecified atom stereocenters. The van der Waals surface area contributed by atoms with Crippen molar-refractivity contribution >= 4 is 21.7 Å². The van der Waals surface area contributed by atoms with Crippen molar-refractivity contribution in [1.82, 2.24) is 9.21 Å². The fourth-order valence-electron chi connectivity index (χ4n) is 2.33. The predicted octanol–water partition coefficient (Wildman–Crippen LogP) is 0.813. The van der Waals surface area contributed by atoms with Crippen LogP contribution in [0.25, 0.3) is 0 Å². The van der Waals surface area contributed by atoms with Crippen molar-refractivity contribution in [3.05, 3.63) is 18.2 Å². The van der Waals surface area contributed by atoms with E-state index >= 15 is 0 Å². The highest BCUT2D eigenvalue weighted by atomic mass is 32.2. The van der Waals surface area contributed by atoms with Gasteiger partial charge >= 0.3 is 6.03 Å². The lowest BCUT2D eigenvalue weighted by Gasteiger charge is -2.33. The Morgan fingerprint density at radius 1 is 1.13 bits per heavy atom. The van der Waals surface area contributed by atoms with Crippen LogP contribution in [0.4, 0.5) is 10.5 Å². The summed E-state index contributed by atoms with van der Waals surface area (Å²) in [5.41, 5.74) is 0.502. The van der Waals surface area contributed by atoms with Crippen LogP contribution in [0.15, 0.2) is 18.2 Å². The van der Waals surface area contributed by atoms with Crippen LogP contribution in [0.3, 0.4) is 0 Å². The van der Waals surface area contributed by atoms with Crippen molar-refractivity contribution in [2.24, 2.45) is 0 Å². The Labute approximate surface area is 136 Å². The third-order valence-electron chi connectivity index (χ3n) is 3.64. The highest BCUT2D eigenvalue weighted by Gasteiger charge is 2.26. The van der Waals surface area contributed by atoms with Crippen molar-refractivity contribution in [2.45, 2.75) is 0 Å². The fraction of sp³-hybridized carbons (Fsp3) is 0.500. The molecule has 128 valence electrons. The average molecular weight is 343 g/mol. The van der Waals surface area contributed by atoms with Crippen LogP contribution in [-0.2, 0) is 10.0 Å². The van der Waals surface area contributed by atoms with Gasteiger partial charge in [-0.05, 0) is 12.1 Å². The number of hydrogen-bond donors (Lipinski definition) is 1. The van der Waals surface area contributed by atoms with E-state index in [1.54, 1.807) is 23.1 Å². The smallest absolute Gasteiger partial charge is 0.322 e. The molecule has 1 fully saturated rings. The zero-order valence-corrected chi connectivity index (χ0v) is 14.2.